The number of alkyl halides is 3. The maximum absolute atomic E-state index is 13.4. The van der Waals surface area contributed by atoms with Crippen molar-refractivity contribution in [1.29, 1.82) is 0 Å². The summed E-state index contributed by atoms with van der Waals surface area (Å²) in [5, 5.41) is 3.18. The molecule has 1 atom stereocenters. The molecular weight excluding hydrogens is 361 g/mol. The second-order valence-electron chi connectivity index (χ2n) is 7.33. The van der Waals surface area contributed by atoms with Crippen molar-refractivity contribution in [2.75, 3.05) is 13.2 Å². The average Bonchev–Trinajstić information content (AvgIpc) is 3.37. The monoisotopic (exact) mass is 388 g/mol. The van der Waals surface area contributed by atoms with Gasteiger partial charge in [0, 0.05) is 18.3 Å². The Labute approximate surface area is 156 Å². The third-order valence-electron chi connectivity index (χ3n) is 4.46. The highest BCUT2D eigenvalue weighted by Crippen LogP contribution is 2.32. The van der Waals surface area contributed by atoms with Crippen LogP contribution in [0.1, 0.15) is 57.2 Å². The lowest BCUT2D eigenvalue weighted by molar-refractivity contribution is -0.147. The zero-order valence-electron chi connectivity index (χ0n) is 15.9. The van der Waals surface area contributed by atoms with Crippen LogP contribution in [0.4, 0.5) is 13.2 Å². The van der Waals surface area contributed by atoms with Crippen LogP contribution in [0.15, 0.2) is 17.1 Å². The van der Waals surface area contributed by atoms with Crippen molar-refractivity contribution in [2.24, 2.45) is 5.92 Å². The molecule has 1 aromatic heterocycles. The maximum Gasteiger partial charge on any atom is 0.416 e. The molecule has 1 fully saturated rings. The number of esters is 1. The molecule has 1 aliphatic carbocycles. The lowest BCUT2D eigenvalue weighted by Crippen LogP contribution is -2.33. The Bertz CT molecular complexity index is 709. The highest BCUT2D eigenvalue weighted by atomic mass is 19.4. The van der Waals surface area contributed by atoms with E-state index in [-0.39, 0.29) is 24.5 Å². The van der Waals surface area contributed by atoms with E-state index >= 15 is 0 Å². The van der Waals surface area contributed by atoms with Gasteiger partial charge in [-0.2, -0.15) is 13.2 Å². The predicted molar refractivity (Wildman–Crippen MR) is 95.6 cm³/mol. The van der Waals surface area contributed by atoms with Crippen molar-refractivity contribution in [3.05, 3.63) is 33.7 Å². The summed E-state index contributed by atoms with van der Waals surface area (Å²) >= 11 is 0. The third kappa shape index (κ3) is 6.09. The molecule has 0 radical (unpaired) electrons. The van der Waals surface area contributed by atoms with Crippen molar-refractivity contribution in [3.8, 4) is 0 Å². The van der Waals surface area contributed by atoms with Gasteiger partial charge in [-0.15, -0.1) is 0 Å². The molecule has 0 aliphatic heterocycles. The summed E-state index contributed by atoms with van der Waals surface area (Å²) in [4.78, 5) is 24.7. The van der Waals surface area contributed by atoms with Crippen LogP contribution in [-0.2, 0) is 22.1 Å². The number of hydrogen-bond donors (Lipinski definition) is 1. The molecule has 1 aromatic rings. The molecule has 1 saturated carbocycles. The van der Waals surface area contributed by atoms with Crippen LogP contribution in [0, 0.1) is 5.92 Å². The molecule has 152 valence electrons. The Morgan fingerprint density at radius 1 is 1.37 bits per heavy atom. The first-order chi connectivity index (χ1) is 12.6. The van der Waals surface area contributed by atoms with Crippen LogP contribution in [0.5, 0.6) is 0 Å². The SMILES string of the molecule is CCOC(=O)C(CC(C)C)n1cc(CCNC2CC2)c(C(F)(F)F)cc1=O. The van der Waals surface area contributed by atoms with Crippen molar-refractivity contribution in [3.63, 3.8) is 0 Å². The highest BCUT2D eigenvalue weighted by molar-refractivity contribution is 5.74. The van der Waals surface area contributed by atoms with E-state index in [1.54, 1.807) is 6.92 Å². The van der Waals surface area contributed by atoms with Crippen molar-refractivity contribution in [2.45, 2.75) is 64.7 Å². The van der Waals surface area contributed by atoms with E-state index in [4.69, 9.17) is 4.74 Å². The number of carbonyl (C=O) groups is 1. The smallest absolute Gasteiger partial charge is 0.416 e. The van der Waals surface area contributed by atoms with Gasteiger partial charge in [-0.25, -0.2) is 4.79 Å². The average molecular weight is 388 g/mol. The topological polar surface area (TPSA) is 60.3 Å². The molecule has 1 unspecified atom stereocenters. The summed E-state index contributed by atoms with van der Waals surface area (Å²) in [6.45, 7) is 5.93. The van der Waals surface area contributed by atoms with Gasteiger partial charge in [-0.3, -0.25) is 4.79 Å². The molecule has 1 heterocycles. The van der Waals surface area contributed by atoms with Gasteiger partial charge in [0.05, 0.1) is 12.2 Å². The van der Waals surface area contributed by atoms with Gasteiger partial charge in [-0.1, -0.05) is 13.8 Å². The van der Waals surface area contributed by atoms with Gasteiger partial charge >= 0.3 is 12.1 Å². The lowest BCUT2D eigenvalue weighted by atomic mass is 10.0. The normalized spacial score (nSPS) is 15.8. The molecule has 27 heavy (non-hydrogen) atoms. The molecule has 2 rings (SSSR count). The number of halogens is 3. The van der Waals surface area contributed by atoms with Crippen molar-refractivity contribution >= 4 is 5.97 Å². The standard InChI is InChI=1S/C19H27F3N2O3/c1-4-27-18(26)16(9-12(2)3)24-11-13(7-8-23-14-5-6-14)15(10-17(24)25)19(20,21)22/h10-12,14,16,23H,4-9H2,1-3H3. The molecular formula is C19H27F3N2O3. The molecule has 1 N–H and O–H groups in total. The summed E-state index contributed by atoms with van der Waals surface area (Å²) < 4.78 is 46.3. The largest absolute Gasteiger partial charge is 0.464 e. The number of nitrogens with zero attached hydrogens (tertiary/aromatic N) is 1. The summed E-state index contributed by atoms with van der Waals surface area (Å²) in [5.74, 6) is -0.538. The number of carbonyl (C=O) groups excluding carboxylic acids is 1. The van der Waals surface area contributed by atoms with Crippen LogP contribution < -0.4 is 10.9 Å². The molecule has 0 bridgehead atoms. The van der Waals surface area contributed by atoms with E-state index in [0.717, 1.165) is 17.4 Å². The number of nitrogens with one attached hydrogen (secondary N) is 1. The van der Waals surface area contributed by atoms with Crippen molar-refractivity contribution < 1.29 is 22.7 Å². The van der Waals surface area contributed by atoms with Gasteiger partial charge < -0.3 is 14.6 Å². The highest BCUT2D eigenvalue weighted by Gasteiger charge is 2.35. The van der Waals surface area contributed by atoms with E-state index in [9.17, 15) is 22.8 Å². The van der Waals surface area contributed by atoms with Gasteiger partial charge in [0.1, 0.15) is 6.04 Å². The number of ether oxygens (including phenoxy) is 1. The zero-order chi connectivity index (χ0) is 20.2. The predicted octanol–water partition coefficient (Wildman–Crippen LogP) is 3.31. The molecule has 5 nitrogen and oxygen atoms in total. The number of pyridine rings is 1. The van der Waals surface area contributed by atoms with Gasteiger partial charge in [0.15, 0.2) is 0 Å². The summed E-state index contributed by atoms with van der Waals surface area (Å²) in [6, 6.07) is 0.0345. The molecule has 0 spiro atoms. The van der Waals surface area contributed by atoms with Gasteiger partial charge in [-0.05, 0) is 50.6 Å². The maximum atomic E-state index is 13.4. The van der Waals surface area contributed by atoms with Gasteiger partial charge in [0.25, 0.3) is 5.56 Å². The molecule has 0 amide bonds. The van der Waals surface area contributed by atoms with Gasteiger partial charge in [0.2, 0.25) is 0 Å². The number of hydrogen-bond acceptors (Lipinski definition) is 4. The number of rotatable bonds is 9. The second-order valence-corrected chi connectivity index (χ2v) is 7.33. The molecule has 1 aliphatic rings. The van der Waals surface area contributed by atoms with Crippen LogP contribution in [0.3, 0.4) is 0 Å². The fraction of sp³-hybridized carbons (Fsp3) is 0.684. The fourth-order valence-corrected chi connectivity index (χ4v) is 3.01. The summed E-state index contributed by atoms with van der Waals surface area (Å²) in [6.07, 6.45) is -0.934. The fourth-order valence-electron chi connectivity index (χ4n) is 3.01. The Morgan fingerprint density at radius 2 is 2.04 bits per heavy atom. The molecule has 0 aromatic carbocycles. The lowest BCUT2D eigenvalue weighted by Gasteiger charge is -2.22. The van der Waals surface area contributed by atoms with Crippen LogP contribution in [0.2, 0.25) is 0 Å². The summed E-state index contributed by atoms with van der Waals surface area (Å²) in [5.41, 5.74) is -1.78. The minimum Gasteiger partial charge on any atom is -0.464 e. The van der Waals surface area contributed by atoms with E-state index in [0.29, 0.717) is 25.1 Å². The third-order valence-corrected chi connectivity index (χ3v) is 4.46. The Morgan fingerprint density at radius 3 is 2.56 bits per heavy atom. The molecule has 0 saturated heterocycles. The van der Waals surface area contributed by atoms with E-state index < -0.39 is 29.3 Å². The number of aromatic nitrogens is 1. The molecule has 8 heteroatoms. The first kappa shape index (κ1) is 21.5. The van der Waals surface area contributed by atoms with Crippen LogP contribution in [-0.4, -0.2) is 29.7 Å². The summed E-state index contributed by atoms with van der Waals surface area (Å²) in [7, 11) is 0. The van der Waals surface area contributed by atoms with Crippen molar-refractivity contribution in [1.82, 2.24) is 9.88 Å². The zero-order valence-corrected chi connectivity index (χ0v) is 15.9. The first-order valence-corrected chi connectivity index (χ1v) is 9.35. The Balaban J connectivity index is 2.40. The second kappa shape index (κ2) is 8.91. The minimum absolute atomic E-state index is 0.00769. The first-order valence-electron chi connectivity index (χ1n) is 9.35. The van der Waals surface area contributed by atoms with E-state index in [1.165, 1.54) is 6.20 Å². The van der Waals surface area contributed by atoms with Crippen LogP contribution >= 0.6 is 0 Å². The van der Waals surface area contributed by atoms with E-state index in [2.05, 4.69) is 5.32 Å². The van der Waals surface area contributed by atoms with Crippen LogP contribution in [0.25, 0.3) is 0 Å². The Kier molecular flexibility index (Phi) is 7.08. The Hall–Kier alpha value is -1.83. The minimum atomic E-state index is -4.62. The van der Waals surface area contributed by atoms with E-state index in [1.807, 2.05) is 13.8 Å². The quantitative estimate of drug-likeness (QED) is 0.660.